The Labute approximate surface area is 170 Å². The molecular weight excluding hydrogens is 398 g/mol. The van der Waals surface area contributed by atoms with Crippen molar-refractivity contribution in [3.8, 4) is 11.5 Å². The predicted molar refractivity (Wildman–Crippen MR) is 110 cm³/mol. The molecule has 0 saturated heterocycles. The van der Waals surface area contributed by atoms with E-state index in [1.807, 2.05) is 0 Å². The van der Waals surface area contributed by atoms with Crippen molar-refractivity contribution in [3.63, 3.8) is 0 Å². The second kappa shape index (κ2) is 8.32. The molecule has 1 aliphatic carbocycles. The number of nitrogens with one attached hydrogen (secondary N) is 1. The highest BCUT2D eigenvalue weighted by molar-refractivity contribution is 7.18. The van der Waals surface area contributed by atoms with Crippen LogP contribution in [-0.4, -0.2) is 23.7 Å². The van der Waals surface area contributed by atoms with E-state index >= 15 is 0 Å². The second-order valence-corrected chi connectivity index (χ2v) is 7.90. The molecule has 0 bridgehead atoms. The van der Waals surface area contributed by atoms with E-state index in [1.165, 1.54) is 24.5 Å². The number of thiophene rings is 1. The van der Waals surface area contributed by atoms with Crippen molar-refractivity contribution in [1.29, 1.82) is 0 Å². The third-order valence-corrected chi connectivity index (χ3v) is 6.12. The van der Waals surface area contributed by atoms with Gasteiger partial charge in [0.05, 0.1) is 12.5 Å². The number of rotatable bonds is 5. The molecule has 0 radical (unpaired) electrons. The molecule has 2 aromatic heterocycles. The number of fused-ring (bicyclic) bond motifs is 3. The number of hydrogen-bond donors (Lipinski definition) is 1. The van der Waals surface area contributed by atoms with E-state index in [2.05, 4.69) is 14.7 Å². The molecule has 29 heavy (non-hydrogen) atoms. The number of nitrogens with zero attached hydrogens (tertiary/aromatic N) is 1. The highest BCUT2D eigenvalue weighted by Crippen LogP contribution is 2.33. The number of halogens is 2. The van der Waals surface area contributed by atoms with Gasteiger partial charge >= 0.3 is 6.61 Å². The lowest BCUT2D eigenvalue weighted by Gasteiger charge is -2.10. The summed E-state index contributed by atoms with van der Waals surface area (Å²) in [6.45, 7) is -2.92. The number of aromatic nitrogens is 2. The van der Waals surface area contributed by atoms with Gasteiger partial charge in [0.2, 0.25) is 0 Å². The Morgan fingerprint density at radius 3 is 2.79 bits per heavy atom. The molecule has 0 aliphatic heterocycles. The Bertz CT molecular complexity index is 1120. The number of hydrogen-bond acceptors (Lipinski definition) is 5. The smallest absolute Gasteiger partial charge is 0.387 e. The van der Waals surface area contributed by atoms with Crippen molar-refractivity contribution in [3.05, 3.63) is 50.4 Å². The van der Waals surface area contributed by atoms with E-state index in [1.54, 1.807) is 35.6 Å². The fraction of sp³-hybridized carbons (Fsp3) is 0.333. The minimum atomic E-state index is -2.92. The molecule has 2 heterocycles. The van der Waals surface area contributed by atoms with Gasteiger partial charge in [0.25, 0.3) is 5.56 Å². The van der Waals surface area contributed by atoms with Gasteiger partial charge in [-0.1, -0.05) is 18.6 Å². The number of alkyl halides is 2. The topological polar surface area (TPSA) is 64.2 Å². The largest absolute Gasteiger partial charge is 0.493 e. The normalized spacial score (nSPS) is 14.3. The zero-order valence-corrected chi connectivity index (χ0v) is 16.7. The lowest BCUT2D eigenvalue weighted by Crippen LogP contribution is -2.10. The standard InChI is InChI=1S/C21H20F2N2O3S/c1-27-15-11-12(7-9-14(15)28-21(22)23)8-10-17-24-19(26)18-13-5-3-2-4-6-16(13)29-20(18)25-17/h7-11,21H,2-6H2,1H3,(H,24,25,26)/b10-8+. The van der Waals surface area contributed by atoms with Gasteiger partial charge in [-0.15, -0.1) is 11.3 Å². The molecule has 8 heteroatoms. The summed E-state index contributed by atoms with van der Waals surface area (Å²) in [4.78, 5) is 22.2. The summed E-state index contributed by atoms with van der Waals surface area (Å²) in [7, 11) is 1.38. The Morgan fingerprint density at radius 2 is 2.00 bits per heavy atom. The summed E-state index contributed by atoms with van der Waals surface area (Å²) < 4.78 is 34.4. The van der Waals surface area contributed by atoms with Crippen LogP contribution in [0.5, 0.6) is 11.5 Å². The van der Waals surface area contributed by atoms with Crippen LogP contribution in [0.2, 0.25) is 0 Å². The molecule has 0 fully saturated rings. The number of ether oxygens (including phenoxy) is 2. The summed E-state index contributed by atoms with van der Waals surface area (Å²) >= 11 is 1.60. The van der Waals surface area contributed by atoms with Crippen molar-refractivity contribution in [2.24, 2.45) is 0 Å². The van der Waals surface area contributed by atoms with Crippen LogP contribution in [0.25, 0.3) is 22.4 Å². The van der Waals surface area contributed by atoms with Crippen LogP contribution >= 0.6 is 11.3 Å². The Kier molecular flexibility index (Phi) is 5.62. The van der Waals surface area contributed by atoms with Gasteiger partial charge in [-0.05, 0) is 55.0 Å². The zero-order valence-electron chi connectivity index (χ0n) is 15.8. The first kappa shape index (κ1) is 19.6. The molecule has 0 saturated carbocycles. The monoisotopic (exact) mass is 418 g/mol. The summed E-state index contributed by atoms with van der Waals surface area (Å²) in [5.41, 5.74) is 1.74. The maximum Gasteiger partial charge on any atom is 0.387 e. The molecule has 0 atom stereocenters. The van der Waals surface area contributed by atoms with E-state index in [0.29, 0.717) is 11.4 Å². The number of H-pyrrole nitrogens is 1. The third kappa shape index (κ3) is 4.17. The number of benzene rings is 1. The summed E-state index contributed by atoms with van der Waals surface area (Å²) in [5.74, 6) is 0.616. The second-order valence-electron chi connectivity index (χ2n) is 6.82. The van der Waals surface area contributed by atoms with Gasteiger partial charge in [0.1, 0.15) is 10.7 Å². The highest BCUT2D eigenvalue weighted by Gasteiger charge is 2.18. The fourth-order valence-electron chi connectivity index (χ4n) is 3.59. The Hall–Kier alpha value is -2.74. The molecule has 1 N–H and O–H groups in total. The van der Waals surface area contributed by atoms with E-state index in [-0.39, 0.29) is 17.1 Å². The molecule has 1 aromatic carbocycles. The van der Waals surface area contributed by atoms with Crippen LogP contribution < -0.4 is 15.0 Å². The van der Waals surface area contributed by atoms with Gasteiger partial charge in [0, 0.05) is 4.88 Å². The van der Waals surface area contributed by atoms with E-state index in [4.69, 9.17) is 4.74 Å². The van der Waals surface area contributed by atoms with Gasteiger partial charge in [0.15, 0.2) is 11.5 Å². The van der Waals surface area contributed by atoms with Crippen molar-refractivity contribution in [1.82, 2.24) is 9.97 Å². The summed E-state index contributed by atoms with van der Waals surface area (Å²) in [5, 5.41) is 0.721. The molecule has 1 aliphatic rings. The van der Waals surface area contributed by atoms with Gasteiger partial charge in [-0.2, -0.15) is 8.78 Å². The van der Waals surface area contributed by atoms with E-state index in [9.17, 15) is 13.6 Å². The first-order valence-corrected chi connectivity index (χ1v) is 10.2. The summed E-state index contributed by atoms with van der Waals surface area (Å²) in [6.07, 6.45) is 8.81. The molecule has 4 rings (SSSR count). The van der Waals surface area contributed by atoms with Crippen LogP contribution in [0.3, 0.4) is 0 Å². The Balaban J connectivity index is 1.64. The van der Waals surface area contributed by atoms with Crippen LogP contribution in [-0.2, 0) is 12.8 Å². The molecule has 3 aromatic rings. The van der Waals surface area contributed by atoms with Gasteiger partial charge in [-0.25, -0.2) is 4.98 Å². The van der Waals surface area contributed by atoms with Crippen molar-refractivity contribution >= 4 is 33.7 Å². The van der Waals surface area contributed by atoms with Crippen molar-refractivity contribution < 1.29 is 18.3 Å². The number of aryl methyl sites for hydroxylation is 2. The maximum absolute atomic E-state index is 12.7. The van der Waals surface area contributed by atoms with Crippen LogP contribution in [0.15, 0.2) is 23.0 Å². The molecule has 0 amide bonds. The minimum absolute atomic E-state index is 0.0345. The molecule has 5 nitrogen and oxygen atoms in total. The Morgan fingerprint density at radius 1 is 1.17 bits per heavy atom. The lowest BCUT2D eigenvalue weighted by atomic mass is 10.1. The van der Waals surface area contributed by atoms with Crippen LogP contribution in [0, 0.1) is 0 Å². The fourth-order valence-corrected chi connectivity index (χ4v) is 4.86. The predicted octanol–water partition coefficient (Wildman–Crippen LogP) is 5.03. The van der Waals surface area contributed by atoms with Crippen LogP contribution in [0.1, 0.15) is 41.1 Å². The molecule has 152 valence electrons. The molecular formula is C21H20F2N2O3S. The highest BCUT2D eigenvalue weighted by atomic mass is 32.1. The van der Waals surface area contributed by atoms with Crippen molar-refractivity contribution in [2.45, 2.75) is 38.7 Å². The number of aromatic amines is 1. The average molecular weight is 418 g/mol. The van der Waals surface area contributed by atoms with Gasteiger partial charge < -0.3 is 14.5 Å². The zero-order chi connectivity index (χ0) is 20.4. The average Bonchev–Trinajstić information content (AvgIpc) is 2.88. The first-order chi connectivity index (χ1) is 14.0. The lowest BCUT2D eigenvalue weighted by molar-refractivity contribution is -0.0512. The van der Waals surface area contributed by atoms with Crippen molar-refractivity contribution in [2.75, 3.05) is 7.11 Å². The SMILES string of the molecule is COc1cc(/C=C/c2nc3sc4c(c3c(=O)[nH]2)CCCCC4)ccc1OC(F)F. The quantitative estimate of drug-likeness (QED) is 0.590. The molecule has 0 unspecified atom stereocenters. The minimum Gasteiger partial charge on any atom is -0.493 e. The first-order valence-electron chi connectivity index (χ1n) is 9.40. The summed E-state index contributed by atoms with van der Waals surface area (Å²) in [6, 6.07) is 4.62. The third-order valence-electron chi connectivity index (χ3n) is 4.93. The van der Waals surface area contributed by atoms with E-state index < -0.39 is 6.61 Å². The van der Waals surface area contributed by atoms with Gasteiger partial charge in [-0.3, -0.25) is 4.79 Å². The maximum atomic E-state index is 12.7. The van der Waals surface area contributed by atoms with E-state index in [0.717, 1.165) is 41.5 Å². The van der Waals surface area contributed by atoms with Crippen LogP contribution in [0.4, 0.5) is 8.78 Å². The number of methoxy groups -OCH3 is 1. The molecule has 0 spiro atoms.